The van der Waals surface area contributed by atoms with Gasteiger partial charge in [-0.25, -0.2) is 0 Å². The average molecular weight is 279 g/mol. The van der Waals surface area contributed by atoms with Crippen molar-refractivity contribution < 1.29 is 9.53 Å². The molecule has 0 bridgehead atoms. The second-order valence-corrected chi connectivity index (χ2v) is 5.09. The summed E-state index contributed by atoms with van der Waals surface area (Å²) in [5.41, 5.74) is -0.300. The van der Waals surface area contributed by atoms with Crippen molar-refractivity contribution in [3.63, 3.8) is 0 Å². The van der Waals surface area contributed by atoms with E-state index in [-0.39, 0.29) is 11.4 Å². The highest BCUT2D eigenvalue weighted by Gasteiger charge is 2.32. The van der Waals surface area contributed by atoms with Gasteiger partial charge < -0.3 is 4.74 Å². The molecular weight excluding hydrogens is 256 g/mol. The fraction of sp³-hybridized carbons (Fsp3) is 0.917. The van der Waals surface area contributed by atoms with Crippen LogP contribution in [0.4, 0.5) is 0 Å². The Balaban J connectivity index is 4.07. The van der Waals surface area contributed by atoms with Gasteiger partial charge in [0.2, 0.25) is 0 Å². The number of carbonyl (C=O) groups excluding carboxylic acids is 1. The van der Waals surface area contributed by atoms with Crippen molar-refractivity contribution in [2.75, 3.05) is 12.4 Å². The molecule has 0 aromatic rings. The maximum atomic E-state index is 11.6. The molecule has 0 aromatic heterocycles. The van der Waals surface area contributed by atoms with Crippen molar-refractivity contribution in [3.05, 3.63) is 0 Å². The monoisotopic (exact) mass is 278 g/mol. The van der Waals surface area contributed by atoms with Gasteiger partial charge in [-0.05, 0) is 19.8 Å². The van der Waals surface area contributed by atoms with E-state index >= 15 is 0 Å². The van der Waals surface area contributed by atoms with Gasteiger partial charge in [0.1, 0.15) is 0 Å². The van der Waals surface area contributed by atoms with E-state index < -0.39 is 0 Å². The molecule has 2 nitrogen and oxygen atoms in total. The molecule has 0 aliphatic carbocycles. The molecule has 15 heavy (non-hydrogen) atoms. The number of hydrogen-bond donors (Lipinski definition) is 0. The summed E-state index contributed by atoms with van der Waals surface area (Å²) in [6, 6.07) is 0. The molecule has 0 N–H and O–H groups in total. The fourth-order valence-electron chi connectivity index (χ4n) is 1.73. The van der Waals surface area contributed by atoms with Crippen molar-refractivity contribution in [2.45, 2.75) is 52.4 Å². The first-order chi connectivity index (χ1) is 7.10. The van der Waals surface area contributed by atoms with Crippen molar-refractivity contribution >= 4 is 21.9 Å². The second-order valence-electron chi connectivity index (χ2n) is 4.30. The number of carbonyl (C=O) groups is 1. The predicted molar refractivity (Wildman–Crippen MR) is 67.3 cm³/mol. The Labute approximate surface area is 102 Å². The van der Waals surface area contributed by atoms with Crippen molar-refractivity contribution in [1.29, 1.82) is 0 Å². The van der Waals surface area contributed by atoms with Gasteiger partial charge in [0, 0.05) is 5.33 Å². The molecule has 90 valence electrons. The van der Waals surface area contributed by atoms with E-state index in [1.165, 1.54) is 26.4 Å². The minimum atomic E-state index is -0.300. The summed E-state index contributed by atoms with van der Waals surface area (Å²) in [7, 11) is 1.47. The highest BCUT2D eigenvalue weighted by molar-refractivity contribution is 9.09. The van der Waals surface area contributed by atoms with Crippen LogP contribution in [0.1, 0.15) is 52.4 Å². The molecule has 0 amide bonds. The van der Waals surface area contributed by atoms with E-state index in [0.29, 0.717) is 0 Å². The Kier molecular flexibility index (Phi) is 8.12. The van der Waals surface area contributed by atoms with E-state index in [9.17, 15) is 4.79 Å². The van der Waals surface area contributed by atoms with Gasteiger partial charge in [-0.1, -0.05) is 48.5 Å². The molecule has 3 heteroatoms. The molecule has 0 radical (unpaired) electrons. The van der Waals surface area contributed by atoms with Gasteiger partial charge in [0.15, 0.2) is 0 Å². The van der Waals surface area contributed by atoms with Gasteiger partial charge in [-0.3, -0.25) is 4.79 Å². The zero-order chi connectivity index (χ0) is 11.7. The van der Waals surface area contributed by atoms with E-state index in [1.54, 1.807) is 0 Å². The largest absolute Gasteiger partial charge is 0.469 e. The van der Waals surface area contributed by atoms with Gasteiger partial charge in [0.05, 0.1) is 12.5 Å². The molecule has 0 saturated heterocycles. The van der Waals surface area contributed by atoms with Crippen LogP contribution >= 0.6 is 15.9 Å². The molecule has 0 heterocycles. The summed E-state index contributed by atoms with van der Waals surface area (Å²) in [4.78, 5) is 11.6. The van der Waals surface area contributed by atoms with E-state index in [2.05, 4.69) is 22.9 Å². The summed E-state index contributed by atoms with van der Waals surface area (Å²) in [6.07, 6.45) is 6.60. The van der Waals surface area contributed by atoms with Crippen LogP contribution in [-0.4, -0.2) is 18.4 Å². The highest BCUT2D eigenvalue weighted by atomic mass is 79.9. The number of unbranched alkanes of at least 4 members (excludes halogenated alkanes) is 3. The third-order valence-electron chi connectivity index (χ3n) is 2.91. The molecule has 0 saturated carbocycles. The summed E-state index contributed by atoms with van der Waals surface area (Å²) in [6.45, 7) is 4.20. The van der Waals surface area contributed by atoms with E-state index in [0.717, 1.165) is 24.6 Å². The molecule has 1 atom stereocenters. The SMILES string of the molecule is CCCCCCC(C)(CCBr)C(=O)OC. The van der Waals surface area contributed by atoms with Crippen LogP contribution in [0.15, 0.2) is 0 Å². The lowest BCUT2D eigenvalue weighted by molar-refractivity contribution is -0.152. The fourth-order valence-corrected chi connectivity index (χ4v) is 2.60. The molecule has 0 aliphatic rings. The van der Waals surface area contributed by atoms with E-state index in [1.807, 2.05) is 6.92 Å². The molecule has 0 rings (SSSR count). The maximum Gasteiger partial charge on any atom is 0.311 e. The van der Waals surface area contributed by atoms with Crippen LogP contribution in [0.3, 0.4) is 0 Å². The lowest BCUT2D eigenvalue weighted by Crippen LogP contribution is -2.29. The van der Waals surface area contributed by atoms with Crippen molar-refractivity contribution in [3.8, 4) is 0 Å². The predicted octanol–water partition coefficient (Wildman–Crippen LogP) is 3.92. The number of methoxy groups -OCH3 is 1. The zero-order valence-electron chi connectivity index (χ0n) is 10.1. The number of rotatable bonds is 8. The smallest absolute Gasteiger partial charge is 0.311 e. The summed E-state index contributed by atoms with van der Waals surface area (Å²) >= 11 is 3.40. The van der Waals surface area contributed by atoms with Gasteiger partial charge in [0.25, 0.3) is 0 Å². The van der Waals surface area contributed by atoms with Crippen molar-refractivity contribution in [2.24, 2.45) is 5.41 Å². The Morgan fingerprint density at radius 1 is 1.27 bits per heavy atom. The third-order valence-corrected chi connectivity index (χ3v) is 3.30. The van der Waals surface area contributed by atoms with Crippen LogP contribution in [0.5, 0.6) is 0 Å². The molecule has 0 fully saturated rings. The quantitative estimate of drug-likeness (QED) is 0.382. The lowest BCUT2D eigenvalue weighted by atomic mass is 9.82. The Bertz CT molecular complexity index is 182. The first kappa shape index (κ1) is 14.9. The average Bonchev–Trinajstić information content (AvgIpc) is 2.23. The molecule has 0 aliphatic heterocycles. The Morgan fingerprint density at radius 3 is 2.40 bits per heavy atom. The minimum Gasteiger partial charge on any atom is -0.469 e. The number of hydrogen-bond acceptors (Lipinski definition) is 2. The number of halogens is 1. The van der Waals surface area contributed by atoms with Crippen LogP contribution in [0.2, 0.25) is 0 Å². The van der Waals surface area contributed by atoms with Gasteiger partial charge in [-0.15, -0.1) is 0 Å². The highest BCUT2D eigenvalue weighted by Crippen LogP contribution is 2.31. The van der Waals surface area contributed by atoms with Crippen molar-refractivity contribution in [1.82, 2.24) is 0 Å². The third kappa shape index (κ3) is 5.55. The van der Waals surface area contributed by atoms with Crippen LogP contribution in [0, 0.1) is 5.41 Å². The normalized spacial score (nSPS) is 14.7. The molecular formula is C12H23BrO2. The first-order valence-electron chi connectivity index (χ1n) is 5.75. The number of alkyl halides is 1. The van der Waals surface area contributed by atoms with Gasteiger partial charge >= 0.3 is 5.97 Å². The summed E-state index contributed by atoms with van der Waals surface area (Å²) in [5.74, 6) is -0.0709. The molecule has 0 spiro atoms. The topological polar surface area (TPSA) is 26.3 Å². The number of ether oxygens (including phenoxy) is 1. The Hall–Kier alpha value is -0.0500. The standard InChI is InChI=1S/C12H23BrO2/c1-4-5-6-7-8-12(2,9-10-13)11(14)15-3/h4-10H2,1-3H3. The lowest BCUT2D eigenvalue weighted by Gasteiger charge is -2.25. The number of esters is 1. The minimum absolute atomic E-state index is 0.0709. The Morgan fingerprint density at radius 2 is 1.93 bits per heavy atom. The van der Waals surface area contributed by atoms with E-state index in [4.69, 9.17) is 4.74 Å². The maximum absolute atomic E-state index is 11.6. The molecule has 1 unspecified atom stereocenters. The second kappa shape index (κ2) is 8.14. The molecule has 0 aromatic carbocycles. The van der Waals surface area contributed by atoms with Crippen LogP contribution in [-0.2, 0) is 9.53 Å². The first-order valence-corrected chi connectivity index (χ1v) is 6.87. The zero-order valence-corrected chi connectivity index (χ0v) is 11.7. The van der Waals surface area contributed by atoms with Crippen LogP contribution < -0.4 is 0 Å². The van der Waals surface area contributed by atoms with Gasteiger partial charge in [-0.2, -0.15) is 0 Å². The summed E-state index contributed by atoms with van der Waals surface area (Å²) in [5, 5.41) is 0.854. The summed E-state index contributed by atoms with van der Waals surface area (Å²) < 4.78 is 4.87. The van der Waals surface area contributed by atoms with Crippen LogP contribution in [0.25, 0.3) is 0 Å².